The molecule has 0 fully saturated rings. The van der Waals surface area contributed by atoms with E-state index in [1.165, 1.54) is 0 Å². The van der Waals surface area contributed by atoms with Crippen molar-refractivity contribution in [2.24, 2.45) is 11.5 Å². The fraction of sp³-hybridized carbons (Fsp3) is 0.182. The Morgan fingerprint density at radius 3 is 2.94 bits per heavy atom. The smallest absolute Gasteiger partial charge is 0.267 e. The second-order valence-electron chi connectivity index (χ2n) is 4.03. The summed E-state index contributed by atoms with van der Waals surface area (Å²) in [6.45, 7) is 0.911. The molecule has 0 spiro atoms. The monoisotopic (exact) mass is 244 g/mol. The number of nitrogens with one attached hydrogen (secondary N) is 1. The molecule has 0 bridgehead atoms. The van der Waals surface area contributed by atoms with Gasteiger partial charge in [0, 0.05) is 17.3 Å². The molecule has 7 heteroatoms. The van der Waals surface area contributed by atoms with E-state index in [1.54, 1.807) is 10.9 Å². The number of carbonyl (C=O) groups excluding carboxylic acids is 1. The van der Waals surface area contributed by atoms with Crippen LogP contribution < -0.4 is 11.5 Å². The molecule has 0 saturated heterocycles. The van der Waals surface area contributed by atoms with Gasteiger partial charge in [0.25, 0.3) is 5.91 Å². The van der Waals surface area contributed by atoms with Crippen LogP contribution in [0.3, 0.4) is 0 Å². The lowest BCUT2D eigenvalue weighted by atomic mass is 10.1. The molecule has 92 valence electrons. The number of rotatable bonds is 3. The number of hydrogen-bond acceptors (Lipinski definition) is 4. The zero-order valence-electron chi connectivity index (χ0n) is 9.55. The number of amides is 1. The number of hydrogen-bond donors (Lipinski definition) is 3. The molecule has 0 atom stereocenters. The Hall–Kier alpha value is -2.41. The van der Waals surface area contributed by atoms with Crippen LogP contribution in [-0.2, 0) is 6.54 Å². The predicted molar refractivity (Wildman–Crippen MR) is 67.0 cm³/mol. The maximum absolute atomic E-state index is 11.6. The number of nitrogens with zero attached hydrogens (tertiary/aromatic N) is 3. The summed E-state index contributed by atoms with van der Waals surface area (Å²) in [5.74, 6) is -0.485. The number of primary amides is 1. The number of carbonyl (C=O) groups is 1. The number of aromatic amines is 1. The van der Waals surface area contributed by atoms with Crippen LogP contribution in [0.25, 0.3) is 21.8 Å². The average molecular weight is 244 g/mol. The van der Waals surface area contributed by atoms with E-state index in [0.717, 1.165) is 21.8 Å². The third-order valence-corrected chi connectivity index (χ3v) is 2.93. The molecule has 0 saturated carbocycles. The molecule has 0 radical (unpaired) electrons. The summed E-state index contributed by atoms with van der Waals surface area (Å²) in [7, 11) is 0. The molecule has 0 aliphatic heterocycles. The summed E-state index contributed by atoms with van der Waals surface area (Å²) in [4.78, 5) is 11.6. The molecule has 5 N–H and O–H groups in total. The van der Waals surface area contributed by atoms with Gasteiger partial charge in [0.15, 0.2) is 0 Å². The fourth-order valence-electron chi connectivity index (χ4n) is 2.19. The van der Waals surface area contributed by atoms with Crippen molar-refractivity contribution >= 4 is 27.7 Å². The van der Waals surface area contributed by atoms with Gasteiger partial charge in [0.05, 0.1) is 23.8 Å². The van der Waals surface area contributed by atoms with E-state index in [4.69, 9.17) is 11.5 Å². The van der Waals surface area contributed by atoms with Crippen LogP contribution in [0.4, 0.5) is 0 Å². The summed E-state index contributed by atoms with van der Waals surface area (Å²) < 4.78 is 1.67. The summed E-state index contributed by atoms with van der Waals surface area (Å²) in [6.07, 6.45) is 1.66. The van der Waals surface area contributed by atoms with Crippen molar-refractivity contribution in [3.63, 3.8) is 0 Å². The van der Waals surface area contributed by atoms with Gasteiger partial charge < -0.3 is 11.5 Å². The first-order valence-corrected chi connectivity index (χ1v) is 5.55. The Labute approximate surface area is 102 Å². The lowest BCUT2D eigenvalue weighted by Crippen LogP contribution is -2.21. The lowest BCUT2D eigenvalue weighted by Gasteiger charge is -2.03. The summed E-state index contributed by atoms with van der Waals surface area (Å²) in [5.41, 5.74) is 13.0. The van der Waals surface area contributed by atoms with E-state index in [9.17, 15) is 4.79 Å². The molecule has 0 unspecified atom stereocenters. The topological polar surface area (TPSA) is 116 Å². The lowest BCUT2D eigenvalue weighted by molar-refractivity contribution is 0.0991. The van der Waals surface area contributed by atoms with Gasteiger partial charge in [-0.05, 0) is 12.1 Å². The number of H-pyrrole nitrogens is 1. The highest BCUT2D eigenvalue weighted by atomic mass is 16.1. The average Bonchev–Trinajstić information content (AvgIpc) is 2.90. The van der Waals surface area contributed by atoms with Gasteiger partial charge in [-0.2, -0.15) is 10.2 Å². The third kappa shape index (κ3) is 1.37. The van der Waals surface area contributed by atoms with Gasteiger partial charge in [0.2, 0.25) is 0 Å². The number of fused-ring (bicyclic) bond motifs is 3. The second kappa shape index (κ2) is 3.81. The van der Waals surface area contributed by atoms with E-state index in [0.29, 0.717) is 18.8 Å². The van der Waals surface area contributed by atoms with Crippen molar-refractivity contribution in [1.29, 1.82) is 0 Å². The van der Waals surface area contributed by atoms with E-state index < -0.39 is 5.91 Å². The van der Waals surface area contributed by atoms with Crippen molar-refractivity contribution in [3.05, 3.63) is 24.0 Å². The van der Waals surface area contributed by atoms with Gasteiger partial charge in [-0.3, -0.25) is 14.6 Å². The molecule has 7 nitrogen and oxygen atoms in total. The van der Waals surface area contributed by atoms with Crippen molar-refractivity contribution in [2.45, 2.75) is 6.54 Å². The van der Waals surface area contributed by atoms with E-state index in [1.807, 2.05) is 12.1 Å². The molecular weight excluding hydrogens is 232 g/mol. The van der Waals surface area contributed by atoms with Gasteiger partial charge in [-0.15, -0.1) is 0 Å². The largest absolute Gasteiger partial charge is 0.364 e. The second-order valence-corrected chi connectivity index (χ2v) is 4.03. The molecule has 2 aromatic heterocycles. The van der Waals surface area contributed by atoms with Gasteiger partial charge in [-0.1, -0.05) is 0 Å². The highest BCUT2D eigenvalue weighted by Gasteiger charge is 2.16. The maximum atomic E-state index is 11.6. The molecule has 3 aromatic rings. The highest BCUT2D eigenvalue weighted by molar-refractivity contribution is 6.12. The first-order chi connectivity index (χ1) is 8.72. The number of benzene rings is 1. The Kier molecular flexibility index (Phi) is 2.27. The summed E-state index contributed by atoms with van der Waals surface area (Å²) >= 11 is 0. The van der Waals surface area contributed by atoms with Crippen LogP contribution in [0.15, 0.2) is 18.3 Å². The van der Waals surface area contributed by atoms with Crippen LogP contribution in [0, 0.1) is 0 Å². The molecule has 1 amide bonds. The molecular formula is C11H12N6O. The molecule has 1 aromatic carbocycles. The standard InChI is InChI=1S/C11H12N6O/c12-3-4-17-10(11(13)18)6-1-2-8-7(5-14-15-8)9(6)16-17/h1-2,5,16H,3-4,12H2,(H2,13,18). The molecule has 3 rings (SSSR count). The molecule has 2 heterocycles. The maximum Gasteiger partial charge on any atom is 0.267 e. The molecule has 0 aliphatic carbocycles. The van der Waals surface area contributed by atoms with Gasteiger partial charge in [0.1, 0.15) is 5.69 Å². The van der Waals surface area contributed by atoms with Crippen molar-refractivity contribution in [1.82, 2.24) is 20.0 Å². The summed E-state index contributed by atoms with van der Waals surface area (Å²) in [6, 6.07) is 3.63. The van der Waals surface area contributed by atoms with E-state index in [-0.39, 0.29) is 0 Å². The SMILES string of the molecule is NCCn1[nH]c2c(ccc3nncc32)c1C(N)=O. The normalized spacial score (nSPS) is 11.4. The van der Waals surface area contributed by atoms with Crippen molar-refractivity contribution in [3.8, 4) is 0 Å². The Balaban J connectivity index is 2.41. The number of nitrogens with two attached hydrogens (primary N) is 2. The first-order valence-electron chi connectivity index (χ1n) is 5.55. The van der Waals surface area contributed by atoms with Crippen LogP contribution >= 0.6 is 0 Å². The predicted octanol–water partition coefficient (Wildman–Crippen LogP) is -0.0298. The highest BCUT2D eigenvalue weighted by Crippen LogP contribution is 2.25. The molecule has 18 heavy (non-hydrogen) atoms. The van der Waals surface area contributed by atoms with Crippen molar-refractivity contribution in [2.75, 3.05) is 6.54 Å². The van der Waals surface area contributed by atoms with Crippen molar-refractivity contribution < 1.29 is 4.79 Å². The van der Waals surface area contributed by atoms with Gasteiger partial charge in [-0.25, -0.2) is 0 Å². The Morgan fingerprint density at radius 2 is 2.22 bits per heavy atom. The van der Waals surface area contributed by atoms with Crippen LogP contribution in [-0.4, -0.2) is 32.4 Å². The van der Waals surface area contributed by atoms with Gasteiger partial charge >= 0.3 is 0 Å². The molecule has 0 aliphatic rings. The Bertz CT molecular complexity index is 740. The van der Waals surface area contributed by atoms with E-state index >= 15 is 0 Å². The quantitative estimate of drug-likeness (QED) is 0.600. The van der Waals surface area contributed by atoms with Crippen LogP contribution in [0.5, 0.6) is 0 Å². The van der Waals surface area contributed by atoms with Crippen LogP contribution in [0.2, 0.25) is 0 Å². The number of aromatic nitrogens is 4. The van der Waals surface area contributed by atoms with Crippen LogP contribution in [0.1, 0.15) is 10.5 Å². The zero-order valence-corrected chi connectivity index (χ0v) is 9.55. The zero-order chi connectivity index (χ0) is 12.7. The minimum atomic E-state index is -0.485. The fourth-order valence-corrected chi connectivity index (χ4v) is 2.19. The minimum Gasteiger partial charge on any atom is -0.364 e. The first kappa shape index (κ1) is 10.7. The Morgan fingerprint density at radius 1 is 1.39 bits per heavy atom. The van der Waals surface area contributed by atoms with E-state index in [2.05, 4.69) is 15.3 Å². The minimum absolute atomic E-state index is 0.415. The summed E-state index contributed by atoms with van der Waals surface area (Å²) in [5, 5.41) is 12.6. The third-order valence-electron chi connectivity index (χ3n) is 2.93.